The van der Waals surface area contributed by atoms with E-state index in [2.05, 4.69) is 0 Å². The average molecular weight is 516 g/mol. The van der Waals surface area contributed by atoms with E-state index in [9.17, 15) is 27.9 Å². The number of carboxylic acids is 1. The number of benzene rings is 2. The lowest BCUT2D eigenvalue weighted by molar-refractivity contribution is -0.274. The van der Waals surface area contributed by atoms with Gasteiger partial charge in [0, 0.05) is 35.8 Å². The molecule has 0 unspecified atom stereocenters. The molecule has 0 aliphatic rings. The third-order valence-corrected chi connectivity index (χ3v) is 6.05. The first-order chi connectivity index (χ1) is 15.8. The number of rotatable bonds is 6. The molecule has 3 aromatic rings. The van der Waals surface area contributed by atoms with E-state index in [1.165, 1.54) is 50.4 Å². The first-order valence-corrected chi connectivity index (χ1v) is 10.5. The summed E-state index contributed by atoms with van der Waals surface area (Å²) >= 11 is 12.3. The molecule has 6 nitrogen and oxygen atoms in total. The lowest BCUT2D eigenvalue weighted by atomic mass is 9.78. The lowest BCUT2D eigenvalue weighted by Gasteiger charge is -2.37. The number of hydrogen-bond acceptors (Lipinski definition) is 4. The monoisotopic (exact) mass is 515 g/mol. The fraction of sp³-hybridized carbons (Fsp3) is 0.217. The van der Waals surface area contributed by atoms with Crippen LogP contribution < -0.4 is 10.3 Å². The number of aromatic carboxylic acids is 1. The number of halogens is 5. The van der Waals surface area contributed by atoms with Crippen molar-refractivity contribution in [2.75, 3.05) is 0 Å². The van der Waals surface area contributed by atoms with Crippen LogP contribution in [0.2, 0.25) is 10.0 Å². The van der Waals surface area contributed by atoms with E-state index in [1.807, 2.05) is 0 Å². The van der Waals surface area contributed by atoms with Crippen molar-refractivity contribution in [3.05, 3.63) is 91.8 Å². The molecule has 180 valence electrons. The van der Waals surface area contributed by atoms with Gasteiger partial charge in [-0.15, -0.1) is 0 Å². The van der Waals surface area contributed by atoms with Crippen molar-refractivity contribution in [1.82, 2.24) is 4.57 Å². The number of ether oxygens (including phenoxy) is 1. The van der Waals surface area contributed by atoms with E-state index >= 15 is 0 Å². The number of carboxylic acid groups (broad SMARTS) is 1. The number of hydrogen-bond donors (Lipinski definition) is 2. The van der Waals surface area contributed by atoms with Crippen molar-refractivity contribution >= 4 is 29.2 Å². The minimum Gasteiger partial charge on any atom is -0.478 e. The molecule has 0 bridgehead atoms. The summed E-state index contributed by atoms with van der Waals surface area (Å²) in [5.74, 6) is -2.50. The summed E-state index contributed by atoms with van der Waals surface area (Å²) in [5, 5.41) is 19.8. The SMILES string of the molecule is C[C@H](c1ccc(Oc2ccc(C(=O)O)cc2Cl)cc1Cl)[C@@](O)(c1ccc(=O)n(C)c1)C(F)(F)F. The molecule has 2 N–H and O–H groups in total. The van der Waals surface area contributed by atoms with Crippen molar-refractivity contribution in [3.8, 4) is 11.5 Å². The summed E-state index contributed by atoms with van der Waals surface area (Å²) in [7, 11) is 1.28. The van der Waals surface area contributed by atoms with E-state index in [0.29, 0.717) is 0 Å². The maximum atomic E-state index is 14.1. The van der Waals surface area contributed by atoms with E-state index < -0.39 is 34.8 Å². The van der Waals surface area contributed by atoms with Gasteiger partial charge < -0.3 is 19.5 Å². The Labute approximate surface area is 201 Å². The van der Waals surface area contributed by atoms with Gasteiger partial charge in [0.05, 0.1) is 10.6 Å². The van der Waals surface area contributed by atoms with Gasteiger partial charge in [0.2, 0.25) is 5.56 Å². The Balaban J connectivity index is 1.98. The highest BCUT2D eigenvalue weighted by Crippen LogP contribution is 2.50. The molecule has 0 aliphatic carbocycles. The van der Waals surface area contributed by atoms with Crippen LogP contribution in [-0.2, 0) is 12.6 Å². The van der Waals surface area contributed by atoms with Crippen LogP contribution in [0.3, 0.4) is 0 Å². The Kier molecular flexibility index (Phi) is 7.02. The summed E-state index contributed by atoms with van der Waals surface area (Å²) in [6, 6.07) is 9.55. The molecule has 0 amide bonds. The van der Waals surface area contributed by atoms with E-state index in [-0.39, 0.29) is 32.7 Å². The molecule has 0 saturated heterocycles. The van der Waals surface area contributed by atoms with Crippen LogP contribution in [0.4, 0.5) is 13.2 Å². The number of carbonyl (C=O) groups is 1. The van der Waals surface area contributed by atoms with Gasteiger partial charge in [0.25, 0.3) is 0 Å². The van der Waals surface area contributed by atoms with Crippen LogP contribution in [0.25, 0.3) is 0 Å². The van der Waals surface area contributed by atoms with Crippen molar-refractivity contribution in [3.63, 3.8) is 0 Å². The smallest absolute Gasteiger partial charge is 0.422 e. The Morgan fingerprint density at radius 1 is 1.06 bits per heavy atom. The third kappa shape index (κ3) is 4.77. The summed E-state index contributed by atoms with van der Waals surface area (Å²) < 4.78 is 48.9. The highest BCUT2D eigenvalue weighted by atomic mass is 35.5. The third-order valence-electron chi connectivity index (χ3n) is 5.43. The Morgan fingerprint density at radius 3 is 2.26 bits per heavy atom. The molecule has 0 fully saturated rings. The topological polar surface area (TPSA) is 88.8 Å². The predicted molar refractivity (Wildman–Crippen MR) is 120 cm³/mol. The van der Waals surface area contributed by atoms with Gasteiger partial charge in [-0.1, -0.05) is 36.2 Å². The van der Waals surface area contributed by atoms with Crippen LogP contribution in [0.5, 0.6) is 11.5 Å². The zero-order valence-corrected chi connectivity index (χ0v) is 19.2. The highest BCUT2D eigenvalue weighted by molar-refractivity contribution is 6.32. The largest absolute Gasteiger partial charge is 0.478 e. The molecule has 34 heavy (non-hydrogen) atoms. The number of nitrogens with zero attached hydrogens (tertiary/aromatic N) is 1. The van der Waals surface area contributed by atoms with Crippen LogP contribution in [0.1, 0.15) is 34.3 Å². The van der Waals surface area contributed by atoms with E-state index in [0.717, 1.165) is 22.9 Å². The van der Waals surface area contributed by atoms with Gasteiger partial charge in [0.1, 0.15) is 11.5 Å². The maximum Gasteiger partial charge on any atom is 0.422 e. The Bertz CT molecular complexity index is 1310. The van der Waals surface area contributed by atoms with Gasteiger partial charge in [-0.3, -0.25) is 4.79 Å². The first kappa shape index (κ1) is 25.6. The van der Waals surface area contributed by atoms with Crippen LogP contribution in [0.15, 0.2) is 59.5 Å². The average Bonchev–Trinajstić information content (AvgIpc) is 2.75. The van der Waals surface area contributed by atoms with Gasteiger partial charge >= 0.3 is 12.1 Å². The maximum absolute atomic E-state index is 14.1. The second-order valence-corrected chi connectivity index (χ2v) is 8.40. The second-order valence-electron chi connectivity index (χ2n) is 7.59. The van der Waals surface area contributed by atoms with Crippen LogP contribution in [0, 0.1) is 0 Å². The Hall–Kier alpha value is -3.01. The number of alkyl halides is 3. The highest BCUT2D eigenvalue weighted by Gasteiger charge is 2.59. The molecule has 2 atom stereocenters. The first-order valence-electron chi connectivity index (χ1n) is 9.72. The van der Waals surface area contributed by atoms with Gasteiger partial charge in [-0.25, -0.2) is 4.79 Å². The summed E-state index contributed by atoms with van der Waals surface area (Å²) in [5.41, 5.74) is -4.47. The van der Waals surface area contributed by atoms with Gasteiger partial charge in [0.15, 0.2) is 5.60 Å². The van der Waals surface area contributed by atoms with Gasteiger partial charge in [-0.05, 0) is 42.0 Å². The molecule has 0 spiro atoms. The molecular formula is C23H18Cl2F3NO5. The molecule has 1 aromatic heterocycles. The minimum atomic E-state index is -5.10. The lowest BCUT2D eigenvalue weighted by Crippen LogP contribution is -2.47. The molecule has 1 heterocycles. The van der Waals surface area contributed by atoms with Crippen molar-refractivity contribution in [2.24, 2.45) is 7.05 Å². The van der Waals surface area contributed by atoms with Crippen LogP contribution >= 0.6 is 23.2 Å². The summed E-state index contributed by atoms with van der Waals surface area (Å²) in [6.07, 6.45) is -4.16. The summed E-state index contributed by atoms with van der Waals surface area (Å²) in [4.78, 5) is 22.7. The zero-order chi connectivity index (χ0) is 25.4. The van der Waals surface area contributed by atoms with Crippen molar-refractivity contribution in [1.29, 1.82) is 0 Å². The second kappa shape index (κ2) is 9.32. The standard InChI is InChI=1S/C23H18Cl2F3NO5/c1-12(22(33,23(26,27)28)14-4-8-20(30)29(2)11-14)16-6-5-15(10-17(16)24)34-19-7-3-13(21(31)32)9-18(19)25/h3-12,33H,1-2H3,(H,31,32)/t12-,22-/m1/s1. The number of aliphatic hydroxyl groups is 1. The number of pyridine rings is 1. The fourth-order valence-electron chi connectivity index (χ4n) is 3.47. The molecule has 0 radical (unpaired) electrons. The fourth-order valence-corrected chi connectivity index (χ4v) is 4.02. The zero-order valence-electron chi connectivity index (χ0n) is 17.7. The quantitative estimate of drug-likeness (QED) is 0.437. The van der Waals surface area contributed by atoms with Crippen molar-refractivity contribution < 1.29 is 32.9 Å². The minimum absolute atomic E-state index is 0.00889. The molecule has 3 rings (SSSR count). The summed E-state index contributed by atoms with van der Waals surface area (Å²) in [6.45, 7) is 1.17. The normalized spacial score (nSPS) is 14.4. The molecular weight excluding hydrogens is 498 g/mol. The molecule has 2 aromatic carbocycles. The number of aryl methyl sites for hydroxylation is 1. The van der Waals surface area contributed by atoms with Crippen LogP contribution in [-0.4, -0.2) is 26.9 Å². The predicted octanol–water partition coefficient (Wildman–Crippen LogP) is 5.74. The van der Waals surface area contributed by atoms with E-state index in [1.54, 1.807) is 0 Å². The van der Waals surface area contributed by atoms with Crippen molar-refractivity contribution in [2.45, 2.75) is 24.6 Å². The molecule has 0 saturated carbocycles. The Morgan fingerprint density at radius 2 is 1.74 bits per heavy atom. The van der Waals surface area contributed by atoms with E-state index in [4.69, 9.17) is 33.0 Å². The van der Waals surface area contributed by atoms with Gasteiger partial charge in [-0.2, -0.15) is 13.2 Å². The molecule has 0 aliphatic heterocycles. The molecule has 11 heteroatoms. The number of aromatic nitrogens is 1.